The van der Waals surface area contributed by atoms with Crippen molar-refractivity contribution in [3.63, 3.8) is 0 Å². The van der Waals surface area contributed by atoms with E-state index in [1.165, 1.54) is 16.6 Å². The van der Waals surface area contributed by atoms with E-state index in [9.17, 15) is 4.79 Å². The zero-order valence-electron chi connectivity index (χ0n) is 14.1. The molecule has 0 bridgehead atoms. The molecule has 0 spiro atoms. The van der Waals surface area contributed by atoms with E-state index in [-0.39, 0.29) is 5.91 Å². The Labute approximate surface area is 158 Å². The van der Waals surface area contributed by atoms with Gasteiger partial charge in [-0.3, -0.25) is 9.20 Å². The largest absolute Gasteiger partial charge is 0.355 e. The molecule has 0 saturated heterocycles. The predicted octanol–water partition coefficient (Wildman–Crippen LogP) is 2.94. The van der Waals surface area contributed by atoms with Gasteiger partial charge in [0.2, 0.25) is 5.91 Å². The third-order valence-corrected chi connectivity index (χ3v) is 6.38. The zero-order chi connectivity index (χ0) is 17.6. The highest BCUT2D eigenvalue weighted by Crippen LogP contribution is 2.18. The average molecular weight is 394 g/mol. The summed E-state index contributed by atoms with van der Waals surface area (Å²) in [6.45, 7) is 4.59. The van der Waals surface area contributed by atoms with Crippen LogP contribution in [0.4, 0.5) is 0 Å². The maximum absolute atomic E-state index is 12.0. The molecule has 0 aliphatic carbocycles. The molecule has 0 aromatic carbocycles. The van der Waals surface area contributed by atoms with Crippen molar-refractivity contribution >= 4 is 46.5 Å². The molecule has 6 nitrogen and oxygen atoms in total. The van der Waals surface area contributed by atoms with Crippen LogP contribution in [0.2, 0.25) is 0 Å². The predicted molar refractivity (Wildman–Crippen MR) is 104 cm³/mol. The van der Waals surface area contributed by atoms with E-state index in [2.05, 4.69) is 38.0 Å². The second-order valence-corrected chi connectivity index (χ2v) is 8.51. The maximum atomic E-state index is 12.0. The first kappa shape index (κ1) is 18.2. The molecule has 9 heteroatoms. The Morgan fingerprint density at radius 3 is 3.04 bits per heavy atom. The van der Waals surface area contributed by atoms with Gasteiger partial charge >= 0.3 is 0 Å². The molecule has 3 heterocycles. The summed E-state index contributed by atoms with van der Waals surface area (Å²) in [6, 6.07) is 6.17. The van der Waals surface area contributed by atoms with E-state index in [4.69, 9.17) is 0 Å². The van der Waals surface area contributed by atoms with Gasteiger partial charge in [0, 0.05) is 34.3 Å². The summed E-state index contributed by atoms with van der Waals surface area (Å²) in [5, 5.41) is 13.9. The highest BCUT2D eigenvalue weighted by atomic mass is 32.2. The Balaban J connectivity index is 1.42. The van der Waals surface area contributed by atoms with Crippen LogP contribution in [-0.4, -0.2) is 43.5 Å². The monoisotopic (exact) mass is 393 g/mol. The van der Waals surface area contributed by atoms with Crippen LogP contribution in [0.25, 0.3) is 5.78 Å². The highest BCUT2D eigenvalue weighted by Gasteiger charge is 2.12. The van der Waals surface area contributed by atoms with Gasteiger partial charge < -0.3 is 5.32 Å². The molecule has 0 atom stereocenters. The number of hydrogen-bond donors (Lipinski definition) is 1. The Hall–Kier alpha value is -1.58. The minimum atomic E-state index is 0.0104. The second kappa shape index (κ2) is 8.68. The molecule has 0 unspecified atom stereocenters. The fourth-order valence-corrected chi connectivity index (χ4v) is 4.82. The van der Waals surface area contributed by atoms with E-state index in [1.54, 1.807) is 11.3 Å². The smallest absolute Gasteiger partial charge is 0.256 e. The van der Waals surface area contributed by atoms with Gasteiger partial charge in [0.25, 0.3) is 5.78 Å². The van der Waals surface area contributed by atoms with E-state index >= 15 is 0 Å². The van der Waals surface area contributed by atoms with Crippen molar-refractivity contribution in [3.05, 3.63) is 39.8 Å². The molecule has 0 saturated carbocycles. The summed E-state index contributed by atoms with van der Waals surface area (Å²) in [4.78, 5) is 17.7. The van der Waals surface area contributed by atoms with Crippen LogP contribution in [0.3, 0.4) is 0 Å². The number of carbonyl (C=O) groups is 1. The minimum Gasteiger partial charge on any atom is -0.355 e. The lowest BCUT2D eigenvalue weighted by Gasteiger charge is -2.05. The molecule has 1 amide bonds. The molecule has 1 N–H and O–H groups in total. The van der Waals surface area contributed by atoms with E-state index < -0.39 is 0 Å². The molecule has 0 aliphatic heterocycles. The number of nitrogens with zero attached hydrogens (tertiary/aromatic N) is 4. The Bertz CT molecular complexity index is 847. The SMILES string of the molecule is Cc1cc(C)n2c(SCC(=O)NCCSCc3cccs3)nnc2n1. The van der Waals surface area contributed by atoms with Gasteiger partial charge in [-0.1, -0.05) is 17.8 Å². The van der Waals surface area contributed by atoms with Gasteiger partial charge in [-0.25, -0.2) is 4.98 Å². The Morgan fingerprint density at radius 2 is 2.24 bits per heavy atom. The summed E-state index contributed by atoms with van der Waals surface area (Å²) >= 11 is 4.97. The van der Waals surface area contributed by atoms with Gasteiger partial charge in [-0.15, -0.1) is 21.5 Å². The summed E-state index contributed by atoms with van der Waals surface area (Å²) in [7, 11) is 0. The molecule has 0 radical (unpaired) electrons. The number of rotatable bonds is 8. The molecular formula is C16H19N5OS3. The molecule has 0 fully saturated rings. The summed E-state index contributed by atoms with van der Waals surface area (Å²) in [5.74, 6) is 2.81. The lowest BCUT2D eigenvalue weighted by atomic mass is 10.3. The van der Waals surface area contributed by atoms with Crippen molar-refractivity contribution in [2.45, 2.75) is 24.8 Å². The van der Waals surface area contributed by atoms with Crippen LogP contribution < -0.4 is 5.32 Å². The van der Waals surface area contributed by atoms with Crippen molar-refractivity contribution in [1.82, 2.24) is 24.9 Å². The molecule has 3 aromatic heterocycles. The second-order valence-electron chi connectivity index (χ2n) is 5.43. The minimum absolute atomic E-state index is 0.0104. The van der Waals surface area contributed by atoms with Gasteiger partial charge in [-0.2, -0.15) is 11.8 Å². The zero-order valence-corrected chi connectivity index (χ0v) is 16.5. The topological polar surface area (TPSA) is 72.2 Å². The van der Waals surface area contributed by atoms with Crippen LogP contribution in [0.15, 0.2) is 28.7 Å². The van der Waals surface area contributed by atoms with Gasteiger partial charge in [0.1, 0.15) is 0 Å². The molecule has 132 valence electrons. The Kier molecular flexibility index (Phi) is 6.33. The normalized spacial score (nSPS) is 11.1. The number of fused-ring (bicyclic) bond motifs is 1. The number of amides is 1. The third-order valence-electron chi connectivity index (χ3n) is 3.39. The van der Waals surface area contributed by atoms with Gasteiger partial charge in [0.05, 0.1) is 5.75 Å². The van der Waals surface area contributed by atoms with Crippen LogP contribution in [0, 0.1) is 13.8 Å². The number of carbonyl (C=O) groups excluding carboxylic acids is 1. The number of aryl methyl sites for hydroxylation is 2. The van der Waals surface area contributed by atoms with Crippen LogP contribution in [0.1, 0.15) is 16.3 Å². The van der Waals surface area contributed by atoms with E-state index in [0.717, 1.165) is 22.9 Å². The van der Waals surface area contributed by atoms with Crippen molar-refractivity contribution in [2.24, 2.45) is 0 Å². The first-order valence-corrected chi connectivity index (χ1v) is 10.8. The maximum Gasteiger partial charge on any atom is 0.256 e. The molecule has 0 aliphatic rings. The van der Waals surface area contributed by atoms with E-state index in [1.807, 2.05) is 36.1 Å². The first-order chi connectivity index (χ1) is 12.1. The average Bonchev–Trinajstić information content (AvgIpc) is 3.22. The number of hydrogen-bond acceptors (Lipinski definition) is 7. The Morgan fingerprint density at radius 1 is 1.36 bits per heavy atom. The number of nitrogens with one attached hydrogen (secondary N) is 1. The first-order valence-electron chi connectivity index (χ1n) is 7.82. The van der Waals surface area contributed by atoms with Crippen LogP contribution in [-0.2, 0) is 10.5 Å². The molecule has 25 heavy (non-hydrogen) atoms. The fraction of sp³-hybridized carbons (Fsp3) is 0.375. The van der Waals surface area contributed by atoms with Crippen molar-refractivity contribution in [1.29, 1.82) is 0 Å². The fourth-order valence-electron chi connectivity index (χ4n) is 2.30. The quantitative estimate of drug-likeness (QED) is 0.469. The highest BCUT2D eigenvalue weighted by molar-refractivity contribution is 7.99. The van der Waals surface area contributed by atoms with Crippen molar-refractivity contribution < 1.29 is 4.79 Å². The van der Waals surface area contributed by atoms with Crippen molar-refractivity contribution in [3.8, 4) is 0 Å². The standard InChI is InChI=1S/C16H19N5OS3/c1-11-8-12(2)21-15(18-11)19-20-16(21)25-10-14(22)17-5-7-23-9-13-4-3-6-24-13/h3-4,6,8H,5,7,9-10H2,1-2H3,(H,17,22). The summed E-state index contributed by atoms with van der Waals surface area (Å²) in [5.41, 5.74) is 1.92. The van der Waals surface area contributed by atoms with Gasteiger partial charge in [0.15, 0.2) is 5.16 Å². The van der Waals surface area contributed by atoms with Crippen LogP contribution >= 0.6 is 34.9 Å². The lowest BCUT2D eigenvalue weighted by molar-refractivity contribution is -0.118. The third kappa shape index (κ3) is 4.96. The van der Waals surface area contributed by atoms with Gasteiger partial charge in [-0.05, 0) is 31.4 Å². The number of thiophene rings is 1. The van der Waals surface area contributed by atoms with E-state index in [0.29, 0.717) is 23.2 Å². The summed E-state index contributed by atoms with van der Waals surface area (Å²) < 4.78 is 1.88. The molecule has 3 aromatic rings. The number of aromatic nitrogens is 4. The van der Waals surface area contributed by atoms with Crippen LogP contribution in [0.5, 0.6) is 0 Å². The summed E-state index contributed by atoms with van der Waals surface area (Å²) in [6.07, 6.45) is 0. The molecular weight excluding hydrogens is 374 g/mol. The lowest BCUT2D eigenvalue weighted by Crippen LogP contribution is -2.27. The molecule has 3 rings (SSSR count). The van der Waals surface area contributed by atoms with Crippen molar-refractivity contribution in [2.75, 3.05) is 18.1 Å². The number of thioether (sulfide) groups is 2.